The molecule has 7 heteroatoms. The molecule has 1 radical (unpaired) electrons. The first-order chi connectivity index (χ1) is 12.6. The number of imidazole rings is 1. The maximum absolute atomic E-state index is 9.50. The molecule has 1 atom stereocenters. The van der Waals surface area contributed by atoms with Crippen molar-refractivity contribution < 1.29 is 5.11 Å². The fourth-order valence-electron chi connectivity index (χ4n) is 2.66. The molecule has 2 aromatic heterocycles. The molecule has 0 saturated heterocycles. The van der Waals surface area contributed by atoms with E-state index in [1.807, 2.05) is 19.3 Å². The number of fused-ring (bicyclic) bond motifs is 1. The summed E-state index contributed by atoms with van der Waals surface area (Å²) in [5.41, 5.74) is 3.08. The van der Waals surface area contributed by atoms with E-state index in [2.05, 4.69) is 58.0 Å². The molecule has 2 heterocycles. The van der Waals surface area contributed by atoms with Gasteiger partial charge in [0.25, 0.3) is 0 Å². The van der Waals surface area contributed by atoms with Crippen LogP contribution in [0.25, 0.3) is 11.2 Å². The number of anilines is 1. The molecule has 137 valence electrons. The molecule has 0 saturated carbocycles. The number of hydrogen-bond acceptors (Lipinski definition) is 5. The number of aromatic nitrogens is 4. The minimum absolute atomic E-state index is 0.0407. The second-order valence-electron chi connectivity index (χ2n) is 6.52. The molecule has 3 aromatic rings. The van der Waals surface area contributed by atoms with Gasteiger partial charge in [-0.25, -0.2) is 0 Å². The number of aliphatic hydroxyl groups is 1. The van der Waals surface area contributed by atoms with Crippen LogP contribution in [0, 0.1) is 0 Å². The Morgan fingerprint density at radius 2 is 1.96 bits per heavy atom. The summed E-state index contributed by atoms with van der Waals surface area (Å²) in [6.45, 7) is 6.34. The van der Waals surface area contributed by atoms with Gasteiger partial charge in [0.1, 0.15) is 0 Å². The third-order valence-electron chi connectivity index (χ3n) is 4.26. The van der Waals surface area contributed by atoms with Crippen molar-refractivity contribution in [1.82, 2.24) is 19.5 Å². The number of hydrogen-bond donors (Lipinski definition) is 2. The molecule has 0 aliphatic heterocycles. The fourth-order valence-corrected chi connectivity index (χ4v) is 4.80. The molecule has 0 amide bonds. The Hall–Kier alpha value is -1.91. The molecule has 3 rings (SSSR count). The Labute approximate surface area is 160 Å². The number of nitrogens with one attached hydrogen (secondary N) is 1. The van der Waals surface area contributed by atoms with Crippen LogP contribution in [0.2, 0.25) is 0 Å². The number of nitrogens with zero attached hydrogens (tertiary/aromatic N) is 4. The average Bonchev–Trinajstić information content (AvgIpc) is 3.09. The molecule has 1 unspecified atom stereocenters. The van der Waals surface area contributed by atoms with E-state index >= 15 is 0 Å². The first kappa shape index (κ1) is 18.9. The van der Waals surface area contributed by atoms with E-state index in [4.69, 9.17) is 4.98 Å². The topological polar surface area (TPSA) is 75.9 Å². The Morgan fingerprint density at radius 1 is 1.19 bits per heavy atom. The molecular weight excluding hydrogens is 389 g/mol. The molecule has 0 fully saturated rings. The molecule has 0 bridgehead atoms. The zero-order valence-corrected chi connectivity index (χ0v) is 17.3. The Morgan fingerprint density at radius 3 is 2.62 bits per heavy atom. The van der Waals surface area contributed by atoms with Gasteiger partial charge in [0, 0.05) is 0 Å². The van der Waals surface area contributed by atoms with E-state index in [-0.39, 0.29) is 34.4 Å². The van der Waals surface area contributed by atoms with Crippen LogP contribution in [0.1, 0.15) is 38.8 Å². The molecule has 2 N–H and O–H groups in total. The molecule has 6 nitrogen and oxygen atoms in total. The van der Waals surface area contributed by atoms with Gasteiger partial charge in [-0.1, -0.05) is 0 Å². The summed E-state index contributed by atoms with van der Waals surface area (Å²) in [4.78, 5) is 14.0. The fraction of sp³-hybridized carbons (Fsp3) is 0.421. The van der Waals surface area contributed by atoms with Crippen molar-refractivity contribution in [2.24, 2.45) is 0 Å². The normalized spacial score (nSPS) is 13.1. The Balaban J connectivity index is 1.96. The van der Waals surface area contributed by atoms with Gasteiger partial charge >= 0.3 is 161 Å². The zero-order valence-electron chi connectivity index (χ0n) is 15.4. The summed E-state index contributed by atoms with van der Waals surface area (Å²) in [5, 5.41) is 13.8. The summed E-state index contributed by atoms with van der Waals surface area (Å²) in [6, 6.07) is 10.7. The number of benzene rings is 1. The van der Waals surface area contributed by atoms with Gasteiger partial charge in [-0.15, -0.1) is 0 Å². The summed E-state index contributed by atoms with van der Waals surface area (Å²) in [6.07, 6.45) is 2.67. The standard InChI is InChI=1S/C19H25AsN5O/c1-4-15(11-26)22-19-23-17(20-10-14-8-6-5-7-9-14)16-18(24-19)25(12-21-16)13(2)3/h5-9,12-13,15,26H,4,10-11H2,1-3H3,(H,22,23,24). The van der Waals surface area contributed by atoms with Crippen LogP contribution in [-0.4, -0.2) is 53.0 Å². The van der Waals surface area contributed by atoms with Crippen molar-refractivity contribution in [2.45, 2.75) is 44.5 Å². The van der Waals surface area contributed by atoms with Crippen LogP contribution in [0.3, 0.4) is 0 Å². The predicted octanol–water partition coefficient (Wildman–Crippen LogP) is 2.12. The van der Waals surface area contributed by atoms with Crippen molar-refractivity contribution in [2.75, 3.05) is 11.9 Å². The van der Waals surface area contributed by atoms with Gasteiger partial charge in [0.2, 0.25) is 0 Å². The number of rotatable bonds is 8. The van der Waals surface area contributed by atoms with Crippen molar-refractivity contribution in [3.05, 3.63) is 42.2 Å². The van der Waals surface area contributed by atoms with Gasteiger partial charge in [0.15, 0.2) is 0 Å². The first-order valence-corrected chi connectivity index (χ1v) is 11.2. The van der Waals surface area contributed by atoms with E-state index in [0.717, 1.165) is 27.3 Å². The van der Waals surface area contributed by atoms with Gasteiger partial charge < -0.3 is 0 Å². The molecule has 0 spiro atoms. The Bertz CT molecular complexity index is 846. The van der Waals surface area contributed by atoms with E-state index in [0.29, 0.717) is 5.95 Å². The maximum atomic E-state index is 9.50. The van der Waals surface area contributed by atoms with E-state index < -0.39 is 0 Å². The second-order valence-corrected chi connectivity index (χ2v) is 8.74. The molecule has 1 aromatic carbocycles. The van der Waals surface area contributed by atoms with Gasteiger partial charge in [-0.3, -0.25) is 0 Å². The van der Waals surface area contributed by atoms with E-state index in [1.165, 1.54) is 5.56 Å². The first-order valence-electron chi connectivity index (χ1n) is 8.95. The average molecular weight is 414 g/mol. The second kappa shape index (κ2) is 8.65. The van der Waals surface area contributed by atoms with Crippen LogP contribution >= 0.6 is 0 Å². The van der Waals surface area contributed by atoms with Crippen molar-refractivity contribution >= 4 is 37.3 Å². The van der Waals surface area contributed by atoms with Gasteiger partial charge in [0.05, 0.1) is 0 Å². The zero-order chi connectivity index (χ0) is 18.5. The molecule has 26 heavy (non-hydrogen) atoms. The van der Waals surface area contributed by atoms with Gasteiger partial charge in [-0.05, 0) is 0 Å². The van der Waals surface area contributed by atoms with E-state index in [1.54, 1.807) is 0 Å². The predicted molar refractivity (Wildman–Crippen MR) is 106 cm³/mol. The summed E-state index contributed by atoms with van der Waals surface area (Å²) in [7, 11) is 0. The van der Waals surface area contributed by atoms with Crippen molar-refractivity contribution in [1.29, 1.82) is 0 Å². The van der Waals surface area contributed by atoms with Gasteiger partial charge in [-0.2, -0.15) is 0 Å². The van der Waals surface area contributed by atoms with Crippen molar-refractivity contribution in [3.63, 3.8) is 0 Å². The molecular formula is C19H25AsN5O. The van der Waals surface area contributed by atoms with Crippen LogP contribution in [0.5, 0.6) is 0 Å². The van der Waals surface area contributed by atoms with Crippen LogP contribution in [-0.2, 0) is 5.21 Å². The third kappa shape index (κ3) is 4.25. The Kier molecular flexibility index (Phi) is 6.28. The third-order valence-corrected chi connectivity index (χ3v) is 6.64. The van der Waals surface area contributed by atoms with Crippen LogP contribution in [0.15, 0.2) is 36.7 Å². The van der Waals surface area contributed by atoms with Crippen LogP contribution in [0.4, 0.5) is 5.95 Å². The minimum atomic E-state index is -0.174. The SMILES string of the molecule is CCC(CO)Nc1nc([As]Cc2ccccc2)c2ncn(C(C)C)c2n1. The molecule has 0 aliphatic carbocycles. The quantitative estimate of drug-likeness (QED) is 0.553. The van der Waals surface area contributed by atoms with Crippen molar-refractivity contribution in [3.8, 4) is 0 Å². The molecule has 0 aliphatic rings. The monoisotopic (exact) mass is 414 g/mol. The van der Waals surface area contributed by atoms with Crippen LogP contribution < -0.4 is 9.80 Å². The summed E-state index contributed by atoms with van der Waals surface area (Å²) >= 11 is -0.174. The van der Waals surface area contributed by atoms with E-state index in [9.17, 15) is 5.11 Å². The summed E-state index contributed by atoms with van der Waals surface area (Å²) in [5.74, 6) is 0.583. The number of aliphatic hydroxyl groups excluding tert-OH is 1. The summed E-state index contributed by atoms with van der Waals surface area (Å²) < 4.78 is 3.11.